The van der Waals surface area contributed by atoms with Gasteiger partial charge in [-0.2, -0.15) is 12.7 Å². The minimum atomic E-state index is -3.67. The summed E-state index contributed by atoms with van der Waals surface area (Å²) in [5.74, 6) is -1.07. The van der Waals surface area contributed by atoms with Crippen molar-refractivity contribution in [2.75, 3.05) is 18.3 Å². The molecule has 0 aliphatic heterocycles. The zero-order valence-electron chi connectivity index (χ0n) is 12.8. The topological polar surface area (TPSA) is 86.7 Å². The van der Waals surface area contributed by atoms with E-state index in [1.165, 1.54) is 17.4 Å². The fraction of sp³-hybridized carbons (Fsp3) is 0.500. The number of carbonyl (C=O) groups is 1. The van der Waals surface area contributed by atoms with Crippen molar-refractivity contribution in [3.8, 4) is 0 Å². The predicted octanol–water partition coefficient (Wildman–Crippen LogP) is 2.39. The summed E-state index contributed by atoms with van der Waals surface area (Å²) in [5, 5.41) is 9.15. The first-order valence-electron chi connectivity index (χ1n) is 6.77. The molecule has 1 aromatic carbocycles. The van der Waals surface area contributed by atoms with Crippen LogP contribution in [0.1, 0.15) is 41.3 Å². The molecule has 1 rings (SSSR count). The highest BCUT2D eigenvalue weighted by molar-refractivity contribution is 7.90. The molecule has 0 aliphatic rings. The molecule has 7 heteroatoms. The third kappa shape index (κ3) is 4.44. The summed E-state index contributed by atoms with van der Waals surface area (Å²) in [6.07, 6.45) is 1.66. The van der Waals surface area contributed by atoms with E-state index in [2.05, 4.69) is 4.72 Å². The molecule has 0 saturated carbocycles. The van der Waals surface area contributed by atoms with Gasteiger partial charge in [0.05, 0.1) is 11.3 Å². The molecular formula is C14H22N2O4S. The average Bonchev–Trinajstić information content (AvgIpc) is 2.39. The van der Waals surface area contributed by atoms with Crippen molar-refractivity contribution >= 4 is 21.9 Å². The molecule has 0 atom stereocenters. The van der Waals surface area contributed by atoms with Gasteiger partial charge in [0.2, 0.25) is 0 Å². The van der Waals surface area contributed by atoms with E-state index in [1.807, 2.05) is 6.92 Å². The summed E-state index contributed by atoms with van der Waals surface area (Å²) in [7, 11) is -2.17. The molecule has 2 N–H and O–H groups in total. The lowest BCUT2D eigenvalue weighted by molar-refractivity contribution is 0.0696. The smallest absolute Gasteiger partial charge is 0.336 e. The molecule has 0 spiro atoms. The van der Waals surface area contributed by atoms with Crippen LogP contribution in [0.25, 0.3) is 0 Å². The van der Waals surface area contributed by atoms with Gasteiger partial charge in [0.25, 0.3) is 0 Å². The highest BCUT2D eigenvalue weighted by Gasteiger charge is 2.19. The van der Waals surface area contributed by atoms with Crippen molar-refractivity contribution in [1.82, 2.24) is 4.31 Å². The highest BCUT2D eigenvalue weighted by Crippen LogP contribution is 2.21. The number of nitrogens with one attached hydrogen (secondary N) is 1. The van der Waals surface area contributed by atoms with Crippen molar-refractivity contribution < 1.29 is 18.3 Å². The van der Waals surface area contributed by atoms with Gasteiger partial charge in [-0.25, -0.2) is 4.79 Å². The molecule has 0 saturated heterocycles. The Morgan fingerprint density at radius 2 is 1.95 bits per heavy atom. The van der Waals surface area contributed by atoms with E-state index in [0.29, 0.717) is 12.1 Å². The molecule has 21 heavy (non-hydrogen) atoms. The Morgan fingerprint density at radius 3 is 2.48 bits per heavy atom. The molecule has 0 radical (unpaired) electrons. The highest BCUT2D eigenvalue weighted by atomic mass is 32.2. The average molecular weight is 314 g/mol. The Hall–Kier alpha value is -1.60. The van der Waals surface area contributed by atoms with Gasteiger partial charge in [-0.15, -0.1) is 0 Å². The zero-order chi connectivity index (χ0) is 16.2. The summed E-state index contributed by atoms with van der Waals surface area (Å²) >= 11 is 0. The van der Waals surface area contributed by atoms with Crippen LogP contribution in [0.5, 0.6) is 0 Å². The number of carboxylic acids is 1. The Bertz CT molecular complexity index is 626. The second kappa shape index (κ2) is 6.91. The minimum absolute atomic E-state index is 0.101. The molecule has 0 unspecified atom stereocenters. The van der Waals surface area contributed by atoms with Gasteiger partial charge in [0.1, 0.15) is 0 Å². The van der Waals surface area contributed by atoms with Crippen LogP contribution in [-0.2, 0) is 10.2 Å². The van der Waals surface area contributed by atoms with Crippen LogP contribution in [0, 0.1) is 13.8 Å². The summed E-state index contributed by atoms with van der Waals surface area (Å²) in [4.78, 5) is 11.2. The molecule has 0 aromatic heterocycles. The van der Waals surface area contributed by atoms with E-state index in [-0.39, 0.29) is 11.3 Å². The number of aromatic carboxylic acids is 1. The van der Waals surface area contributed by atoms with E-state index in [9.17, 15) is 13.2 Å². The van der Waals surface area contributed by atoms with Crippen molar-refractivity contribution in [3.05, 3.63) is 28.8 Å². The van der Waals surface area contributed by atoms with Crippen molar-refractivity contribution in [1.29, 1.82) is 0 Å². The number of aryl methyl sites for hydroxylation is 1. The van der Waals surface area contributed by atoms with Crippen LogP contribution in [0.15, 0.2) is 12.1 Å². The Morgan fingerprint density at radius 1 is 1.33 bits per heavy atom. The van der Waals surface area contributed by atoms with Gasteiger partial charge >= 0.3 is 16.2 Å². The summed E-state index contributed by atoms with van der Waals surface area (Å²) < 4.78 is 28.0. The lowest BCUT2D eigenvalue weighted by Gasteiger charge is -2.19. The maximum Gasteiger partial charge on any atom is 0.336 e. The number of rotatable bonds is 7. The lowest BCUT2D eigenvalue weighted by Crippen LogP contribution is -2.33. The molecule has 118 valence electrons. The van der Waals surface area contributed by atoms with Crippen LogP contribution >= 0.6 is 0 Å². The van der Waals surface area contributed by atoms with E-state index in [1.54, 1.807) is 19.9 Å². The third-order valence-corrected chi connectivity index (χ3v) is 4.88. The monoisotopic (exact) mass is 314 g/mol. The van der Waals surface area contributed by atoms with Crippen molar-refractivity contribution in [3.63, 3.8) is 0 Å². The number of carboxylic acid groups (broad SMARTS) is 1. The molecule has 0 amide bonds. The van der Waals surface area contributed by atoms with Crippen molar-refractivity contribution in [2.45, 2.75) is 33.6 Å². The molecule has 0 aliphatic carbocycles. The minimum Gasteiger partial charge on any atom is -0.478 e. The molecule has 0 bridgehead atoms. The van der Waals surface area contributed by atoms with E-state index < -0.39 is 16.2 Å². The number of benzene rings is 1. The first kappa shape index (κ1) is 17.5. The summed E-state index contributed by atoms with van der Waals surface area (Å²) in [6, 6.07) is 2.98. The van der Waals surface area contributed by atoms with Gasteiger partial charge in [-0.3, -0.25) is 4.72 Å². The molecular weight excluding hydrogens is 292 g/mol. The quantitative estimate of drug-likeness (QED) is 0.809. The number of anilines is 1. The lowest BCUT2D eigenvalue weighted by atomic mass is 10.0. The SMILES string of the molecule is CCCCN(C)S(=O)(=O)Nc1cc(C)c(C)c(C(=O)O)c1. The number of nitrogens with zero attached hydrogens (tertiary/aromatic N) is 1. The zero-order valence-corrected chi connectivity index (χ0v) is 13.6. The van der Waals surface area contributed by atoms with Crippen LogP contribution < -0.4 is 4.72 Å². The fourth-order valence-corrected chi connectivity index (χ4v) is 2.81. The van der Waals surface area contributed by atoms with Gasteiger partial charge in [-0.1, -0.05) is 13.3 Å². The van der Waals surface area contributed by atoms with Crippen LogP contribution in [0.4, 0.5) is 5.69 Å². The second-order valence-corrected chi connectivity index (χ2v) is 6.83. The fourth-order valence-electron chi connectivity index (χ4n) is 1.87. The predicted molar refractivity (Wildman–Crippen MR) is 83.0 cm³/mol. The molecule has 0 fully saturated rings. The first-order valence-corrected chi connectivity index (χ1v) is 8.21. The van der Waals surface area contributed by atoms with Crippen LogP contribution in [0.2, 0.25) is 0 Å². The summed E-state index contributed by atoms with van der Waals surface area (Å²) in [6.45, 7) is 5.85. The Kier molecular flexibility index (Phi) is 5.74. The molecule has 6 nitrogen and oxygen atoms in total. The van der Waals surface area contributed by atoms with Crippen LogP contribution in [-0.4, -0.2) is 37.4 Å². The summed E-state index contributed by atoms with van der Waals surface area (Å²) in [5.41, 5.74) is 1.72. The number of unbranched alkanes of at least 4 members (excludes halogenated alkanes) is 1. The standard InChI is InChI=1S/C14H22N2O4S/c1-5-6-7-16(4)21(19,20)15-12-8-10(2)11(3)13(9-12)14(17)18/h8-9,15H,5-7H2,1-4H3,(H,17,18). The van der Waals surface area contributed by atoms with Gasteiger partial charge in [0.15, 0.2) is 0 Å². The first-order chi connectivity index (χ1) is 9.69. The van der Waals surface area contributed by atoms with E-state index in [0.717, 1.165) is 18.4 Å². The molecule has 1 aromatic rings. The normalized spacial score (nSPS) is 11.7. The number of hydrogen-bond acceptors (Lipinski definition) is 3. The largest absolute Gasteiger partial charge is 0.478 e. The van der Waals surface area contributed by atoms with Crippen LogP contribution in [0.3, 0.4) is 0 Å². The Balaban J connectivity index is 3.05. The van der Waals surface area contributed by atoms with E-state index >= 15 is 0 Å². The maximum atomic E-state index is 12.2. The van der Waals surface area contributed by atoms with E-state index in [4.69, 9.17) is 5.11 Å². The third-order valence-electron chi connectivity index (χ3n) is 3.38. The number of hydrogen-bond donors (Lipinski definition) is 2. The second-order valence-electron chi connectivity index (χ2n) is 5.05. The van der Waals surface area contributed by atoms with Crippen molar-refractivity contribution in [2.24, 2.45) is 0 Å². The maximum absolute atomic E-state index is 12.2. The van der Waals surface area contributed by atoms with Gasteiger partial charge < -0.3 is 5.11 Å². The Labute approximate surface area is 126 Å². The molecule has 0 heterocycles. The van der Waals surface area contributed by atoms with Gasteiger partial charge in [-0.05, 0) is 43.5 Å². The van der Waals surface area contributed by atoms with Gasteiger partial charge in [0, 0.05) is 13.6 Å².